The molecule has 28 heteroatoms. The molecule has 0 unspecified atom stereocenters. The normalized spacial score (nSPS) is 11.1. The molecule has 0 radical (unpaired) electrons. The van der Waals surface area contributed by atoms with Crippen molar-refractivity contribution in [2.75, 3.05) is 47.0 Å². The molecule has 5 aromatic heterocycles. The Balaban J connectivity index is 1.25. The van der Waals surface area contributed by atoms with Crippen molar-refractivity contribution in [3.63, 3.8) is 0 Å². The maximum atomic E-state index is 12.5. The van der Waals surface area contributed by atoms with Crippen LogP contribution >= 0.6 is 0 Å². The molecule has 7 aromatic rings. The Morgan fingerprint density at radius 3 is 1.21 bits per heavy atom. The highest BCUT2D eigenvalue weighted by atomic mass is 16.5. The molecule has 342 valence electrons. The average molecular weight is 924 g/mol. The average Bonchev–Trinajstić information content (AvgIpc) is 4.12. The lowest BCUT2D eigenvalue weighted by molar-refractivity contribution is 0.0581. The van der Waals surface area contributed by atoms with Gasteiger partial charge in [-0.1, -0.05) is 0 Å². The van der Waals surface area contributed by atoms with Crippen molar-refractivity contribution in [1.29, 1.82) is 10.5 Å². The number of nitrogens with two attached hydrogens (primary N) is 2. The quantitative estimate of drug-likeness (QED) is 0.0932. The van der Waals surface area contributed by atoms with Crippen LogP contribution < -0.4 is 16.2 Å². The van der Waals surface area contributed by atoms with Crippen molar-refractivity contribution in [2.24, 2.45) is 20.5 Å². The molecule has 5 heterocycles. The lowest BCUT2D eigenvalue weighted by Crippen LogP contribution is -2.14. The van der Waals surface area contributed by atoms with Crippen LogP contribution in [-0.4, -0.2) is 114 Å². The van der Waals surface area contributed by atoms with Gasteiger partial charge in [0.25, 0.3) is 11.9 Å². The number of aryl methyl sites for hydroxylation is 2. The van der Waals surface area contributed by atoms with Gasteiger partial charge in [-0.05, 0) is 50.2 Å². The number of nitriles is 2. The number of aromatic nitrogens is 11. The van der Waals surface area contributed by atoms with E-state index >= 15 is 0 Å². The third-order valence-electron chi connectivity index (χ3n) is 9.51. The lowest BCUT2D eigenvalue weighted by Gasteiger charge is -2.09. The summed E-state index contributed by atoms with van der Waals surface area (Å²) in [4.78, 5) is 63.0. The second-order valence-corrected chi connectivity index (χ2v) is 13.6. The minimum atomic E-state index is -0.756. The van der Waals surface area contributed by atoms with E-state index in [2.05, 4.69) is 55.8 Å². The molecule has 28 nitrogen and oxygen atoms in total. The van der Waals surface area contributed by atoms with Crippen LogP contribution in [0.15, 0.2) is 69.2 Å². The van der Waals surface area contributed by atoms with E-state index in [-0.39, 0.29) is 109 Å². The van der Waals surface area contributed by atoms with E-state index in [4.69, 9.17) is 35.2 Å². The highest BCUT2D eigenvalue weighted by molar-refractivity contribution is 5.97. The van der Waals surface area contributed by atoms with E-state index in [1.54, 1.807) is 13.8 Å². The third-order valence-corrected chi connectivity index (χ3v) is 9.51. The zero-order valence-corrected chi connectivity index (χ0v) is 36.6. The number of azo groups is 2. The topological polar surface area (TPSA) is 373 Å². The van der Waals surface area contributed by atoms with Crippen LogP contribution in [0.4, 0.5) is 34.6 Å². The number of benzene rings is 2. The van der Waals surface area contributed by atoms with E-state index in [1.807, 2.05) is 12.1 Å². The fraction of sp³-hybridized carbons (Fsp3) is 0.175. The van der Waals surface area contributed by atoms with E-state index in [1.165, 1.54) is 93.7 Å². The van der Waals surface area contributed by atoms with Gasteiger partial charge in [0, 0.05) is 0 Å². The molecule has 68 heavy (non-hydrogen) atoms. The molecule has 0 atom stereocenters. The predicted molar refractivity (Wildman–Crippen MR) is 229 cm³/mol. The monoisotopic (exact) mass is 923 g/mol. The zero-order valence-electron chi connectivity index (χ0n) is 36.6. The van der Waals surface area contributed by atoms with Crippen molar-refractivity contribution in [3.8, 4) is 41.4 Å². The molecule has 4 N–H and O–H groups in total. The summed E-state index contributed by atoms with van der Waals surface area (Å²) in [5.41, 5.74) is 13.8. The first-order valence-corrected chi connectivity index (χ1v) is 19.1. The number of ether oxygens (including phenoxy) is 5. The smallest absolute Gasteiger partial charge is 0.337 e. The molecule has 0 fully saturated rings. The van der Waals surface area contributed by atoms with Crippen LogP contribution in [0.25, 0.3) is 23.3 Å². The molecular weight excluding hydrogens is 891 g/mol. The van der Waals surface area contributed by atoms with Crippen LogP contribution in [0.2, 0.25) is 0 Å². The summed E-state index contributed by atoms with van der Waals surface area (Å²) < 4.78 is 29.3. The highest BCUT2D eigenvalue weighted by Crippen LogP contribution is 2.35. The third kappa shape index (κ3) is 8.56. The standard InChI is InChI=1S/C40H33N19O9/c1-18-28(50-52-32-24(14-41)16-45-56(32)26-10-20(34(60)64-3)8-21(11-26)35(61)65-4)30(43)58(54-18)38-47-39(49-40(48-38)68-7)59-31(44)29(19(2)55-59)51-53-33-25(15-42)17-46-57(33)27-12-22(36(62)66-5)9-23(13-27)37(63)67-6/h8-13,16-17H,43-44H2,1-7H3. The van der Waals surface area contributed by atoms with Crippen LogP contribution in [0, 0.1) is 36.5 Å². The Morgan fingerprint density at radius 1 is 0.544 bits per heavy atom. The summed E-state index contributed by atoms with van der Waals surface area (Å²) in [7, 11) is 5.99. The number of carbonyl (C=O) groups is 4. The van der Waals surface area contributed by atoms with Gasteiger partial charge in [-0.3, -0.25) is 0 Å². The first-order chi connectivity index (χ1) is 32.7. The number of rotatable bonds is 13. The first kappa shape index (κ1) is 45.8. The maximum Gasteiger partial charge on any atom is 0.337 e. The molecule has 0 spiro atoms. The van der Waals surface area contributed by atoms with Gasteiger partial charge in [0.15, 0.2) is 34.6 Å². The van der Waals surface area contributed by atoms with Gasteiger partial charge in [-0.15, -0.1) is 20.5 Å². The van der Waals surface area contributed by atoms with Crippen molar-refractivity contribution < 1.29 is 42.9 Å². The van der Waals surface area contributed by atoms with Crippen molar-refractivity contribution in [1.82, 2.24) is 54.1 Å². The molecule has 0 aliphatic carbocycles. The summed E-state index contributed by atoms with van der Waals surface area (Å²) in [5.74, 6) is -3.87. The Labute approximate surface area is 381 Å². The maximum absolute atomic E-state index is 12.5. The fourth-order valence-electron chi connectivity index (χ4n) is 6.26. The van der Waals surface area contributed by atoms with Crippen LogP contribution in [0.1, 0.15) is 63.9 Å². The number of methoxy groups -OCH3 is 5. The van der Waals surface area contributed by atoms with Gasteiger partial charge in [-0.25, -0.2) is 28.5 Å². The summed E-state index contributed by atoms with van der Waals surface area (Å²) >= 11 is 0. The number of anilines is 2. The number of esters is 4. The second-order valence-electron chi connectivity index (χ2n) is 13.6. The summed E-state index contributed by atoms with van der Waals surface area (Å²) in [6.45, 7) is 3.13. The van der Waals surface area contributed by atoms with E-state index in [0.717, 1.165) is 9.36 Å². The molecule has 0 aliphatic heterocycles. The van der Waals surface area contributed by atoms with Crippen molar-refractivity contribution in [3.05, 3.63) is 93.6 Å². The van der Waals surface area contributed by atoms with E-state index in [0.29, 0.717) is 0 Å². The SMILES string of the molecule is COC(=O)c1cc(C(=O)OC)cc(-n2ncc(C#N)c2N=Nc2c(C)nn(-c3nc(OC)nc(-n4nc(C)c(N=Nc5c(C#N)cnn5-c5cc(C(=O)OC)cc(C(=O)OC)c5)c4N)n3)c2N)c1. The van der Waals surface area contributed by atoms with Crippen molar-refractivity contribution >= 4 is 58.5 Å². The Kier molecular flexibility index (Phi) is 12.7. The van der Waals surface area contributed by atoms with E-state index < -0.39 is 23.9 Å². The van der Waals surface area contributed by atoms with Gasteiger partial charge in [-0.2, -0.15) is 55.2 Å². The molecule has 0 bridgehead atoms. The minimum absolute atomic E-state index is 0.0137. The van der Waals surface area contributed by atoms with Crippen molar-refractivity contribution in [2.45, 2.75) is 13.8 Å². The van der Waals surface area contributed by atoms with Gasteiger partial charge in [0.1, 0.15) is 23.3 Å². The molecule has 2 aromatic carbocycles. The highest BCUT2D eigenvalue weighted by Gasteiger charge is 2.25. The Bertz CT molecular complexity index is 3070. The van der Waals surface area contributed by atoms with Gasteiger partial charge in [0.05, 0.1) is 93.0 Å². The van der Waals surface area contributed by atoms with E-state index in [9.17, 15) is 29.7 Å². The molecular formula is C40H33N19O9. The number of nitrogen functional groups attached to an aromatic ring is 2. The Morgan fingerprint density at radius 2 is 0.897 bits per heavy atom. The molecule has 0 saturated carbocycles. The zero-order chi connectivity index (χ0) is 49.0. The summed E-state index contributed by atoms with van der Waals surface area (Å²) in [5, 5.41) is 54.3. The Hall–Kier alpha value is -10.3. The number of hydrogen-bond acceptors (Lipinski definition) is 24. The fourth-order valence-corrected chi connectivity index (χ4v) is 6.26. The van der Waals surface area contributed by atoms with Gasteiger partial charge < -0.3 is 35.2 Å². The van der Waals surface area contributed by atoms with Crippen LogP contribution in [0.5, 0.6) is 6.01 Å². The molecule has 0 saturated heterocycles. The molecule has 0 amide bonds. The summed E-state index contributed by atoms with van der Waals surface area (Å²) in [6.07, 6.45) is 2.42. The predicted octanol–water partition coefficient (Wildman–Crippen LogP) is 4.12. The second kappa shape index (κ2) is 18.8. The molecule has 7 rings (SSSR count). The van der Waals surface area contributed by atoms with Gasteiger partial charge in [0.2, 0.25) is 0 Å². The minimum Gasteiger partial charge on any atom is -0.467 e. The number of carbonyl (C=O) groups excluding carboxylic acids is 4. The summed E-state index contributed by atoms with van der Waals surface area (Å²) in [6, 6.07) is 11.8. The first-order valence-electron chi connectivity index (χ1n) is 19.1. The lowest BCUT2D eigenvalue weighted by atomic mass is 10.1. The largest absolute Gasteiger partial charge is 0.467 e. The van der Waals surface area contributed by atoms with Crippen LogP contribution in [0.3, 0.4) is 0 Å². The van der Waals surface area contributed by atoms with Crippen LogP contribution in [-0.2, 0) is 18.9 Å². The number of hydrogen-bond donors (Lipinski definition) is 2. The van der Waals surface area contributed by atoms with Gasteiger partial charge >= 0.3 is 29.9 Å². The molecule has 0 aliphatic rings. The number of nitrogens with zero attached hydrogens (tertiary/aromatic N) is 17.